The normalized spacial score (nSPS) is 18.3. The van der Waals surface area contributed by atoms with Crippen LogP contribution in [-0.4, -0.2) is 21.9 Å². The summed E-state index contributed by atoms with van der Waals surface area (Å²) in [6.07, 6.45) is 7.05. The molecule has 1 N–H and O–H groups in total. The summed E-state index contributed by atoms with van der Waals surface area (Å²) in [6, 6.07) is 26.9. The Labute approximate surface area is 188 Å². The average Bonchev–Trinajstić information content (AvgIpc) is 3.32. The number of rotatable bonds is 9. The molecule has 0 bridgehead atoms. The number of hydrogen-bond acceptors (Lipinski definition) is 4. The Morgan fingerprint density at radius 2 is 1.72 bits per heavy atom. The van der Waals surface area contributed by atoms with E-state index in [0.717, 1.165) is 23.4 Å². The lowest BCUT2D eigenvalue weighted by atomic mass is 10.1. The quantitative estimate of drug-likeness (QED) is 0.381. The molecule has 0 radical (unpaired) electrons. The number of benzene rings is 2. The Kier molecular flexibility index (Phi) is 6.01. The third-order valence-corrected chi connectivity index (χ3v) is 5.72. The van der Waals surface area contributed by atoms with Crippen LogP contribution < -0.4 is 10.1 Å². The maximum absolute atomic E-state index is 5.86. The predicted octanol–water partition coefficient (Wildman–Crippen LogP) is 5.07. The summed E-state index contributed by atoms with van der Waals surface area (Å²) >= 11 is 0. The molecule has 3 atom stereocenters. The smallest absolute Gasteiger partial charge is 0.138 e. The van der Waals surface area contributed by atoms with Gasteiger partial charge >= 0.3 is 0 Å². The second-order valence-electron chi connectivity index (χ2n) is 8.14. The highest BCUT2D eigenvalue weighted by atomic mass is 16.6. The molecule has 2 unspecified atom stereocenters. The van der Waals surface area contributed by atoms with Gasteiger partial charge in [0.25, 0.3) is 0 Å². The average molecular weight is 426 g/mol. The van der Waals surface area contributed by atoms with Crippen molar-refractivity contribution < 1.29 is 9.47 Å². The number of hydrogen-bond donors (Lipinski definition) is 1. The summed E-state index contributed by atoms with van der Waals surface area (Å²) in [5.41, 5.74) is 4.56. The van der Waals surface area contributed by atoms with E-state index < -0.39 is 0 Å². The lowest BCUT2D eigenvalue weighted by molar-refractivity contribution is 0.304. The molecule has 5 rings (SSSR count). The molecule has 1 aliphatic rings. The number of nitrogens with zero attached hydrogens (tertiary/aromatic N) is 2. The first-order valence-corrected chi connectivity index (χ1v) is 11.0. The van der Waals surface area contributed by atoms with Crippen molar-refractivity contribution in [3.8, 4) is 11.4 Å². The molecular formula is C27H27N3O2. The van der Waals surface area contributed by atoms with Crippen molar-refractivity contribution in [1.82, 2.24) is 14.9 Å². The molecule has 4 aromatic rings. The zero-order valence-corrected chi connectivity index (χ0v) is 18.1. The van der Waals surface area contributed by atoms with E-state index in [1.54, 1.807) is 6.20 Å². The van der Waals surface area contributed by atoms with E-state index in [4.69, 9.17) is 9.47 Å². The van der Waals surface area contributed by atoms with Crippen LogP contribution in [0.15, 0.2) is 97.5 Å². The van der Waals surface area contributed by atoms with E-state index in [1.807, 2.05) is 42.5 Å². The second kappa shape index (κ2) is 9.39. The second-order valence-corrected chi connectivity index (χ2v) is 8.14. The number of epoxide rings is 1. The van der Waals surface area contributed by atoms with Crippen LogP contribution in [0.3, 0.4) is 0 Å². The van der Waals surface area contributed by atoms with Gasteiger partial charge in [-0.1, -0.05) is 42.5 Å². The topological polar surface area (TPSA) is 51.6 Å². The predicted molar refractivity (Wildman–Crippen MR) is 125 cm³/mol. The standard InChI is InChI=1S/C27H27N3O2/c1-20(25-14-13-24(18-28-25)31-19-22-7-3-2-4-8-22)29-27-26(32-27)17-21-9-11-23(12-10-21)30-15-5-6-16-30/h2-16,18,20,26-27,29H,17,19H2,1H3/t20-,26?,27?/m1/s1. The van der Waals surface area contributed by atoms with Crippen molar-refractivity contribution >= 4 is 0 Å². The van der Waals surface area contributed by atoms with Crippen LogP contribution in [0, 0.1) is 0 Å². The van der Waals surface area contributed by atoms with Gasteiger partial charge in [0.2, 0.25) is 0 Å². The summed E-state index contributed by atoms with van der Waals surface area (Å²) in [4.78, 5) is 4.57. The van der Waals surface area contributed by atoms with Gasteiger partial charge < -0.3 is 14.0 Å². The minimum absolute atomic E-state index is 0.0601. The van der Waals surface area contributed by atoms with Crippen molar-refractivity contribution in [2.24, 2.45) is 0 Å². The SMILES string of the molecule is C[C@@H](NC1OC1Cc1ccc(-n2cccc2)cc1)c1ccc(OCc2ccccc2)cn1. The summed E-state index contributed by atoms with van der Waals surface area (Å²) in [7, 11) is 0. The molecule has 162 valence electrons. The number of pyridine rings is 1. The summed E-state index contributed by atoms with van der Waals surface area (Å²) in [6.45, 7) is 2.65. The monoisotopic (exact) mass is 425 g/mol. The molecule has 5 heteroatoms. The first kappa shape index (κ1) is 20.5. The summed E-state index contributed by atoms with van der Waals surface area (Å²) in [5, 5.41) is 3.52. The third kappa shape index (κ3) is 5.07. The molecule has 0 amide bonds. The van der Waals surface area contributed by atoms with Crippen LogP contribution in [0.25, 0.3) is 5.69 Å². The van der Waals surface area contributed by atoms with Crippen molar-refractivity contribution in [3.63, 3.8) is 0 Å². The molecule has 32 heavy (non-hydrogen) atoms. The van der Waals surface area contributed by atoms with Crippen LogP contribution in [0.5, 0.6) is 5.75 Å². The highest BCUT2D eigenvalue weighted by Gasteiger charge is 2.39. The van der Waals surface area contributed by atoms with Crippen molar-refractivity contribution in [2.75, 3.05) is 0 Å². The first-order chi connectivity index (χ1) is 15.7. The van der Waals surface area contributed by atoms with Gasteiger partial charge in [0.15, 0.2) is 0 Å². The molecule has 3 heterocycles. The first-order valence-electron chi connectivity index (χ1n) is 11.0. The minimum Gasteiger partial charge on any atom is -0.487 e. The van der Waals surface area contributed by atoms with Crippen LogP contribution in [0.2, 0.25) is 0 Å². The van der Waals surface area contributed by atoms with Crippen molar-refractivity contribution in [3.05, 3.63) is 114 Å². The zero-order valence-electron chi connectivity index (χ0n) is 18.1. The van der Waals surface area contributed by atoms with Gasteiger partial charge in [-0.3, -0.25) is 10.3 Å². The van der Waals surface area contributed by atoms with Gasteiger partial charge in [-0.15, -0.1) is 0 Å². The highest BCUT2D eigenvalue weighted by molar-refractivity contribution is 5.35. The maximum atomic E-state index is 5.86. The van der Waals surface area contributed by atoms with E-state index >= 15 is 0 Å². The molecule has 1 saturated heterocycles. The Hall–Kier alpha value is -3.41. The van der Waals surface area contributed by atoms with Gasteiger partial charge in [0.1, 0.15) is 24.7 Å². The Balaban J connectivity index is 1.09. The van der Waals surface area contributed by atoms with Gasteiger partial charge in [-0.05, 0) is 54.4 Å². The Bertz CT molecular complexity index is 1110. The highest BCUT2D eigenvalue weighted by Crippen LogP contribution is 2.27. The molecular weight excluding hydrogens is 398 g/mol. The van der Waals surface area contributed by atoms with Crippen LogP contribution in [0.4, 0.5) is 0 Å². The van der Waals surface area contributed by atoms with Crippen molar-refractivity contribution in [1.29, 1.82) is 0 Å². The van der Waals surface area contributed by atoms with E-state index in [9.17, 15) is 0 Å². The fraction of sp³-hybridized carbons (Fsp3) is 0.222. The molecule has 1 fully saturated rings. The number of nitrogens with one attached hydrogen (secondary N) is 1. The third-order valence-electron chi connectivity index (χ3n) is 5.72. The van der Waals surface area contributed by atoms with E-state index in [1.165, 1.54) is 11.3 Å². The number of ether oxygens (including phenoxy) is 2. The lowest BCUT2D eigenvalue weighted by Gasteiger charge is -2.13. The van der Waals surface area contributed by atoms with Crippen LogP contribution in [-0.2, 0) is 17.8 Å². The zero-order chi connectivity index (χ0) is 21.8. The lowest BCUT2D eigenvalue weighted by Crippen LogP contribution is -2.24. The molecule has 2 aromatic carbocycles. The summed E-state index contributed by atoms with van der Waals surface area (Å²) in [5.74, 6) is 0.772. The largest absolute Gasteiger partial charge is 0.487 e. The van der Waals surface area contributed by atoms with E-state index in [2.05, 4.69) is 70.6 Å². The van der Waals surface area contributed by atoms with Crippen molar-refractivity contribution in [2.45, 2.75) is 38.3 Å². The van der Waals surface area contributed by atoms with Gasteiger partial charge in [0.05, 0.1) is 11.9 Å². The Morgan fingerprint density at radius 1 is 0.938 bits per heavy atom. The summed E-state index contributed by atoms with van der Waals surface area (Å²) < 4.78 is 13.8. The van der Waals surface area contributed by atoms with Gasteiger partial charge in [-0.2, -0.15) is 0 Å². The maximum Gasteiger partial charge on any atom is 0.138 e. The molecule has 2 aromatic heterocycles. The molecule has 0 aliphatic carbocycles. The molecule has 0 spiro atoms. The molecule has 1 aliphatic heterocycles. The fourth-order valence-corrected chi connectivity index (χ4v) is 3.79. The molecule has 5 nitrogen and oxygen atoms in total. The van der Waals surface area contributed by atoms with Crippen LogP contribution in [0.1, 0.15) is 29.8 Å². The van der Waals surface area contributed by atoms with Gasteiger partial charge in [0, 0.05) is 30.5 Å². The Morgan fingerprint density at radius 3 is 2.44 bits per heavy atom. The minimum atomic E-state index is 0.0601. The fourth-order valence-electron chi connectivity index (χ4n) is 3.79. The van der Waals surface area contributed by atoms with E-state index in [-0.39, 0.29) is 18.4 Å². The van der Waals surface area contributed by atoms with Crippen LogP contribution >= 0.6 is 0 Å². The van der Waals surface area contributed by atoms with Gasteiger partial charge in [-0.25, -0.2) is 0 Å². The molecule has 0 saturated carbocycles. The van der Waals surface area contributed by atoms with E-state index in [0.29, 0.717) is 6.61 Å². The number of aromatic nitrogens is 2.